The zero-order chi connectivity index (χ0) is 14.0. The van der Waals surface area contributed by atoms with Crippen LogP contribution in [0.5, 0.6) is 0 Å². The second kappa shape index (κ2) is 5.81. The number of carbonyl (C=O) groups is 1. The van der Waals surface area contributed by atoms with Crippen LogP contribution in [0.1, 0.15) is 30.8 Å². The Bertz CT molecular complexity index is 589. The molecule has 2 heterocycles. The topological polar surface area (TPSA) is 53.4 Å². The Kier molecular flexibility index (Phi) is 4.34. The Hall–Kier alpha value is -1.24. The quantitative estimate of drug-likeness (QED) is 0.921. The molecule has 0 aliphatic rings. The van der Waals surface area contributed by atoms with E-state index < -0.39 is 5.97 Å². The number of hydrogen-bond donors (Lipinski definition) is 1. The van der Waals surface area contributed by atoms with Crippen LogP contribution in [-0.4, -0.2) is 28.0 Å². The van der Waals surface area contributed by atoms with Crippen molar-refractivity contribution in [1.29, 1.82) is 0 Å². The van der Waals surface area contributed by atoms with Crippen LogP contribution in [0.15, 0.2) is 11.4 Å². The molecule has 0 unspecified atom stereocenters. The molecule has 0 aliphatic carbocycles. The van der Waals surface area contributed by atoms with E-state index in [4.69, 9.17) is 5.11 Å². The lowest BCUT2D eigenvalue weighted by Crippen LogP contribution is -2.17. The van der Waals surface area contributed by atoms with Crippen LogP contribution >= 0.6 is 22.7 Å². The summed E-state index contributed by atoms with van der Waals surface area (Å²) in [5, 5.41) is 12.1. The van der Waals surface area contributed by atoms with Crippen molar-refractivity contribution in [2.24, 2.45) is 0 Å². The maximum absolute atomic E-state index is 10.9. The normalized spacial score (nSPS) is 11.2. The number of carboxylic acids is 1. The molecule has 0 saturated heterocycles. The molecule has 0 radical (unpaired) electrons. The third-order valence-corrected chi connectivity index (χ3v) is 4.67. The first-order valence-electron chi connectivity index (χ1n) is 5.88. The molecule has 0 amide bonds. The molecule has 19 heavy (non-hydrogen) atoms. The van der Waals surface area contributed by atoms with Crippen LogP contribution in [-0.2, 0) is 13.1 Å². The Morgan fingerprint density at radius 1 is 1.42 bits per heavy atom. The van der Waals surface area contributed by atoms with Crippen molar-refractivity contribution >= 4 is 28.6 Å². The molecule has 0 fully saturated rings. The van der Waals surface area contributed by atoms with Gasteiger partial charge in [0.1, 0.15) is 4.88 Å². The average Bonchev–Trinajstić information content (AvgIpc) is 2.86. The molecule has 0 atom stereocenters. The molecule has 0 spiro atoms. The van der Waals surface area contributed by atoms with Gasteiger partial charge in [0.15, 0.2) is 0 Å². The van der Waals surface area contributed by atoms with Gasteiger partial charge in [-0.15, -0.1) is 22.7 Å². The maximum atomic E-state index is 10.9. The minimum atomic E-state index is -0.850. The second-order valence-electron chi connectivity index (χ2n) is 4.53. The van der Waals surface area contributed by atoms with Crippen molar-refractivity contribution in [3.8, 4) is 0 Å². The SMILES string of the molecule is Cc1nc(CN(C)Cc2cc(C(=O)O)sc2C)cs1. The fourth-order valence-electron chi connectivity index (χ4n) is 1.89. The molecule has 102 valence electrons. The highest BCUT2D eigenvalue weighted by atomic mass is 32.1. The first kappa shape index (κ1) is 14.2. The first-order chi connectivity index (χ1) is 8.95. The molecule has 0 aromatic carbocycles. The molecule has 4 nitrogen and oxygen atoms in total. The van der Waals surface area contributed by atoms with Crippen molar-refractivity contribution in [2.75, 3.05) is 7.05 Å². The number of hydrogen-bond acceptors (Lipinski definition) is 5. The van der Waals surface area contributed by atoms with E-state index >= 15 is 0 Å². The highest BCUT2D eigenvalue weighted by Crippen LogP contribution is 2.23. The smallest absolute Gasteiger partial charge is 0.345 e. The van der Waals surface area contributed by atoms with Crippen LogP contribution in [0.25, 0.3) is 0 Å². The summed E-state index contributed by atoms with van der Waals surface area (Å²) in [7, 11) is 2.02. The lowest BCUT2D eigenvalue weighted by molar-refractivity contribution is 0.0702. The van der Waals surface area contributed by atoms with Gasteiger partial charge < -0.3 is 5.11 Å². The van der Waals surface area contributed by atoms with E-state index in [9.17, 15) is 4.79 Å². The van der Waals surface area contributed by atoms with E-state index in [2.05, 4.69) is 15.3 Å². The fraction of sp³-hybridized carbons (Fsp3) is 0.385. The summed E-state index contributed by atoms with van der Waals surface area (Å²) in [6.45, 7) is 5.48. The van der Waals surface area contributed by atoms with Gasteiger partial charge in [0.05, 0.1) is 10.7 Å². The number of aryl methyl sites for hydroxylation is 2. The Morgan fingerprint density at radius 2 is 2.16 bits per heavy atom. The summed E-state index contributed by atoms with van der Waals surface area (Å²) in [6.07, 6.45) is 0. The van der Waals surface area contributed by atoms with Gasteiger partial charge in [-0.1, -0.05) is 0 Å². The Labute approximate surface area is 120 Å². The number of aromatic nitrogens is 1. The van der Waals surface area contributed by atoms with Crippen LogP contribution in [0, 0.1) is 13.8 Å². The van der Waals surface area contributed by atoms with Crippen LogP contribution in [0.4, 0.5) is 0 Å². The van der Waals surface area contributed by atoms with E-state index in [1.54, 1.807) is 17.4 Å². The van der Waals surface area contributed by atoms with Gasteiger partial charge in [-0.3, -0.25) is 4.90 Å². The third-order valence-electron chi connectivity index (χ3n) is 2.77. The Balaban J connectivity index is 2.02. The van der Waals surface area contributed by atoms with E-state index in [0.717, 1.165) is 34.2 Å². The van der Waals surface area contributed by atoms with Gasteiger partial charge in [-0.2, -0.15) is 0 Å². The van der Waals surface area contributed by atoms with Gasteiger partial charge in [0.25, 0.3) is 0 Å². The van der Waals surface area contributed by atoms with E-state index in [-0.39, 0.29) is 0 Å². The molecule has 0 aliphatic heterocycles. The monoisotopic (exact) mass is 296 g/mol. The molecule has 0 saturated carbocycles. The minimum Gasteiger partial charge on any atom is -0.477 e. The second-order valence-corrected chi connectivity index (χ2v) is 6.85. The van der Waals surface area contributed by atoms with Crippen molar-refractivity contribution in [2.45, 2.75) is 26.9 Å². The van der Waals surface area contributed by atoms with Gasteiger partial charge in [-0.25, -0.2) is 9.78 Å². The van der Waals surface area contributed by atoms with E-state index in [0.29, 0.717) is 4.88 Å². The summed E-state index contributed by atoms with van der Waals surface area (Å²) < 4.78 is 0. The summed E-state index contributed by atoms with van der Waals surface area (Å²) in [5.41, 5.74) is 2.15. The predicted octanol–water partition coefficient (Wildman–Crippen LogP) is 3.15. The molecular formula is C13H16N2O2S2. The van der Waals surface area contributed by atoms with E-state index in [1.807, 2.05) is 20.9 Å². The highest BCUT2D eigenvalue weighted by molar-refractivity contribution is 7.14. The van der Waals surface area contributed by atoms with Crippen molar-refractivity contribution in [1.82, 2.24) is 9.88 Å². The summed E-state index contributed by atoms with van der Waals surface area (Å²) in [6, 6.07) is 1.77. The van der Waals surface area contributed by atoms with Crippen LogP contribution < -0.4 is 0 Å². The van der Waals surface area contributed by atoms with E-state index in [1.165, 1.54) is 11.3 Å². The molecular weight excluding hydrogens is 280 g/mol. The number of carboxylic acid groups (broad SMARTS) is 1. The van der Waals surface area contributed by atoms with Crippen LogP contribution in [0.3, 0.4) is 0 Å². The standard InChI is InChI=1S/C13H16N2O2S2/c1-8-10(4-12(19-8)13(16)17)5-15(3)6-11-7-18-9(2)14-11/h4,7H,5-6H2,1-3H3,(H,16,17). The lowest BCUT2D eigenvalue weighted by Gasteiger charge is -2.14. The van der Waals surface area contributed by atoms with Gasteiger partial charge in [-0.05, 0) is 32.5 Å². The summed E-state index contributed by atoms with van der Waals surface area (Å²) in [5.74, 6) is -0.850. The van der Waals surface area contributed by atoms with Gasteiger partial charge in [0.2, 0.25) is 0 Å². The maximum Gasteiger partial charge on any atom is 0.345 e. The number of nitrogens with zero attached hydrogens (tertiary/aromatic N) is 2. The van der Waals surface area contributed by atoms with Crippen molar-refractivity contribution < 1.29 is 9.90 Å². The van der Waals surface area contributed by atoms with Crippen molar-refractivity contribution in [3.63, 3.8) is 0 Å². The average molecular weight is 296 g/mol. The zero-order valence-corrected chi connectivity index (χ0v) is 12.8. The lowest BCUT2D eigenvalue weighted by atomic mass is 10.2. The summed E-state index contributed by atoms with van der Waals surface area (Å²) >= 11 is 2.99. The number of aromatic carboxylic acids is 1. The number of thiophene rings is 1. The zero-order valence-electron chi connectivity index (χ0n) is 11.1. The molecule has 1 N–H and O–H groups in total. The molecule has 6 heteroatoms. The number of rotatable bonds is 5. The molecule has 2 aromatic rings. The first-order valence-corrected chi connectivity index (χ1v) is 7.57. The van der Waals surface area contributed by atoms with Crippen molar-refractivity contribution in [3.05, 3.63) is 37.5 Å². The highest BCUT2D eigenvalue weighted by Gasteiger charge is 2.13. The molecule has 2 rings (SSSR count). The molecule has 0 bridgehead atoms. The van der Waals surface area contributed by atoms with Gasteiger partial charge in [0, 0.05) is 23.3 Å². The predicted molar refractivity (Wildman–Crippen MR) is 78.0 cm³/mol. The molecule has 2 aromatic heterocycles. The number of thiazole rings is 1. The summed E-state index contributed by atoms with van der Waals surface area (Å²) in [4.78, 5) is 19.0. The fourth-order valence-corrected chi connectivity index (χ4v) is 3.36. The van der Waals surface area contributed by atoms with Crippen LogP contribution in [0.2, 0.25) is 0 Å². The Morgan fingerprint density at radius 3 is 2.68 bits per heavy atom. The van der Waals surface area contributed by atoms with Gasteiger partial charge >= 0.3 is 5.97 Å². The third kappa shape index (κ3) is 3.62. The largest absolute Gasteiger partial charge is 0.477 e. The minimum absolute atomic E-state index is 0.408.